The first-order chi connectivity index (χ1) is 11.2. The lowest BCUT2D eigenvalue weighted by Crippen LogP contribution is -2.34. The Balaban J connectivity index is 1.73. The molecule has 23 heavy (non-hydrogen) atoms. The molecule has 3 aromatic rings. The number of benzene rings is 1. The van der Waals surface area contributed by atoms with Crippen LogP contribution in [0.5, 0.6) is 0 Å². The van der Waals surface area contributed by atoms with Gasteiger partial charge in [0.2, 0.25) is 11.8 Å². The van der Waals surface area contributed by atoms with E-state index in [0.29, 0.717) is 11.6 Å². The van der Waals surface area contributed by atoms with Crippen LogP contribution in [-0.4, -0.2) is 28.0 Å². The second-order valence-corrected chi connectivity index (χ2v) is 6.32. The molecule has 5 heteroatoms. The molecule has 1 aromatic carbocycles. The highest BCUT2D eigenvalue weighted by atomic mass is 16.4. The van der Waals surface area contributed by atoms with Gasteiger partial charge in [-0.3, -0.25) is 0 Å². The van der Waals surface area contributed by atoms with E-state index in [9.17, 15) is 0 Å². The molecule has 0 radical (unpaired) electrons. The Morgan fingerprint density at radius 2 is 1.78 bits per heavy atom. The molecule has 4 rings (SSSR count). The van der Waals surface area contributed by atoms with Gasteiger partial charge in [-0.05, 0) is 37.8 Å². The molecule has 1 aliphatic rings. The van der Waals surface area contributed by atoms with Gasteiger partial charge in [0.1, 0.15) is 0 Å². The maximum absolute atomic E-state index is 5.90. The van der Waals surface area contributed by atoms with E-state index in [4.69, 9.17) is 4.42 Å². The summed E-state index contributed by atoms with van der Waals surface area (Å²) >= 11 is 0. The van der Waals surface area contributed by atoms with E-state index in [1.807, 2.05) is 37.3 Å². The number of aromatic nitrogens is 3. The van der Waals surface area contributed by atoms with E-state index >= 15 is 0 Å². The molecular weight excluding hydrogens is 288 g/mol. The van der Waals surface area contributed by atoms with Gasteiger partial charge >= 0.3 is 0 Å². The first-order valence-corrected chi connectivity index (χ1v) is 8.16. The Morgan fingerprint density at radius 3 is 2.52 bits per heavy atom. The number of nitrogens with zero attached hydrogens (tertiary/aromatic N) is 4. The van der Waals surface area contributed by atoms with Gasteiger partial charge in [0.25, 0.3) is 5.71 Å². The first kappa shape index (κ1) is 14.2. The van der Waals surface area contributed by atoms with Crippen LogP contribution in [0, 0.1) is 12.8 Å². The van der Waals surface area contributed by atoms with Crippen molar-refractivity contribution in [2.45, 2.75) is 26.7 Å². The Bertz CT molecular complexity index is 820. The van der Waals surface area contributed by atoms with Gasteiger partial charge in [0.15, 0.2) is 5.52 Å². The topological polar surface area (TPSA) is 55.1 Å². The van der Waals surface area contributed by atoms with E-state index in [-0.39, 0.29) is 0 Å². The molecule has 3 heterocycles. The molecule has 0 atom stereocenters. The SMILES string of the molecule is Cc1nc(N2CCC(C)CC2)nc2oc(-c3ccccc3)nc12. The minimum absolute atomic E-state index is 0.574. The summed E-state index contributed by atoms with van der Waals surface area (Å²) in [6, 6.07) is 9.90. The normalized spacial score (nSPS) is 16.2. The zero-order chi connectivity index (χ0) is 15.8. The van der Waals surface area contributed by atoms with Crippen molar-refractivity contribution in [3.8, 4) is 11.5 Å². The van der Waals surface area contributed by atoms with E-state index in [2.05, 4.69) is 26.8 Å². The standard InChI is InChI=1S/C18H20N4O/c1-12-8-10-22(11-9-12)18-19-13(2)15-17(21-18)23-16(20-15)14-6-4-3-5-7-14/h3-7,12H,8-11H2,1-2H3. The average molecular weight is 308 g/mol. The van der Waals surface area contributed by atoms with Crippen molar-refractivity contribution >= 4 is 17.2 Å². The number of piperidine rings is 1. The number of oxazole rings is 1. The maximum atomic E-state index is 5.90. The molecule has 0 aliphatic carbocycles. The van der Waals surface area contributed by atoms with Crippen LogP contribution in [0.3, 0.4) is 0 Å². The molecule has 0 unspecified atom stereocenters. The van der Waals surface area contributed by atoms with Crippen LogP contribution >= 0.6 is 0 Å². The van der Waals surface area contributed by atoms with Crippen LogP contribution in [0.4, 0.5) is 5.95 Å². The van der Waals surface area contributed by atoms with Crippen molar-refractivity contribution in [3.63, 3.8) is 0 Å². The summed E-state index contributed by atoms with van der Waals surface area (Å²) in [7, 11) is 0. The predicted octanol–water partition coefficient (Wildman–Crippen LogP) is 3.83. The zero-order valence-corrected chi connectivity index (χ0v) is 13.5. The fourth-order valence-corrected chi connectivity index (χ4v) is 3.00. The van der Waals surface area contributed by atoms with Crippen LogP contribution in [-0.2, 0) is 0 Å². The molecule has 0 saturated carbocycles. The highest BCUT2D eigenvalue weighted by Crippen LogP contribution is 2.27. The summed E-state index contributed by atoms with van der Waals surface area (Å²) in [6.07, 6.45) is 2.37. The molecule has 1 aliphatic heterocycles. The Morgan fingerprint density at radius 1 is 1.04 bits per heavy atom. The van der Waals surface area contributed by atoms with Crippen molar-refractivity contribution in [2.24, 2.45) is 5.92 Å². The van der Waals surface area contributed by atoms with Gasteiger partial charge in [-0.15, -0.1) is 0 Å². The molecule has 0 spiro atoms. The monoisotopic (exact) mass is 308 g/mol. The number of hydrogen-bond donors (Lipinski definition) is 0. The third-order valence-electron chi connectivity index (χ3n) is 4.51. The molecule has 0 N–H and O–H groups in total. The van der Waals surface area contributed by atoms with E-state index in [1.54, 1.807) is 0 Å². The zero-order valence-electron chi connectivity index (χ0n) is 13.5. The van der Waals surface area contributed by atoms with Gasteiger partial charge in [0, 0.05) is 18.7 Å². The van der Waals surface area contributed by atoms with E-state index in [1.165, 1.54) is 12.8 Å². The Labute approximate surface area is 135 Å². The summed E-state index contributed by atoms with van der Waals surface area (Å²) in [5, 5.41) is 0. The van der Waals surface area contributed by atoms with E-state index in [0.717, 1.165) is 41.7 Å². The van der Waals surface area contributed by atoms with Crippen LogP contribution < -0.4 is 4.90 Å². The highest BCUT2D eigenvalue weighted by Gasteiger charge is 2.21. The van der Waals surface area contributed by atoms with E-state index < -0.39 is 0 Å². The number of aryl methyl sites for hydroxylation is 1. The van der Waals surface area contributed by atoms with Crippen molar-refractivity contribution in [1.29, 1.82) is 0 Å². The van der Waals surface area contributed by atoms with Crippen LogP contribution in [0.25, 0.3) is 22.7 Å². The quantitative estimate of drug-likeness (QED) is 0.720. The van der Waals surface area contributed by atoms with Crippen molar-refractivity contribution in [2.75, 3.05) is 18.0 Å². The van der Waals surface area contributed by atoms with Gasteiger partial charge in [0.05, 0.1) is 5.69 Å². The van der Waals surface area contributed by atoms with Gasteiger partial charge in [-0.2, -0.15) is 4.98 Å². The molecule has 0 bridgehead atoms. The summed E-state index contributed by atoms with van der Waals surface area (Å²) in [5.74, 6) is 2.14. The minimum Gasteiger partial charge on any atom is -0.417 e. The van der Waals surface area contributed by atoms with Crippen molar-refractivity contribution in [1.82, 2.24) is 15.0 Å². The second-order valence-electron chi connectivity index (χ2n) is 6.32. The Kier molecular flexibility index (Phi) is 3.48. The largest absolute Gasteiger partial charge is 0.417 e. The number of hydrogen-bond acceptors (Lipinski definition) is 5. The summed E-state index contributed by atoms with van der Waals surface area (Å²) in [4.78, 5) is 16.1. The van der Waals surface area contributed by atoms with Crippen LogP contribution in [0.1, 0.15) is 25.5 Å². The second kappa shape index (κ2) is 5.65. The summed E-state index contributed by atoms with van der Waals surface area (Å²) in [6.45, 7) is 6.28. The lowest BCUT2D eigenvalue weighted by Gasteiger charge is -2.30. The Hall–Kier alpha value is -2.43. The lowest BCUT2D eigenvalue weighted by molar-refractivity contribution is 0.434. The predicted molar refractivity (Wildman–Crippen MR) is 90.4 cm³/mol. The fourth-order valence-electron chi connectivity index (χ4n) is 3.00. The molecule has 5 nitrogen and oxygen atoms in total. The fraction of sp³-hybridized carbons (Fsp3) is 0.389. The number of rotatable bonds is 2. The minimum atomic E-state index is 0.574. The summed E-state index contributed by atoms with van der Waals surface area (Å²) < 4.78 is 5.90. The average Bonchev–Trinajstić information content (AvgIpc) is 3.01. The molecule has 1 fully saturated rings. The number of anilines is 1. The molecule has 2 aromatic heterocycles. The molecule has 1 saturated heterocycles. The summed E-state index contributed by atoms with van der Waals surface area (Å²) in [5.41, 5.74) is 3.15. The number of fused-ring (bicyclic) bond motifs is 1. The lowest BCUT2D eigenvalue weighted by atomic mass is 10.00. The third kappa shape index (κ3) is 2.67. The molecule has 0 amide bonds. The molecular formula is C18H20N4O. The molecule has 118 valence electrons. The third-order valence-corrected chi connectivity index (χ3v) is 4.51. The first-order valence-electron chi connectivity index (χ1n) is 8.16. The van der Waals surface area contributed by atoms with Crippen molar-refractivity contribution < 1.29 is 4.42 Å². The van der Waals surface area contributed by atoms with Crippen molar-refractivity contribution in [3.05, 3.63) is 36.0 Å². The smallest absolute Gasteiger partial charge is 0.252 e. The van der Waals surface area contributed by atoms with Gasteiger partial charge in [-0.1, -0.05) is 25.1 Å². The van der Waals surface area contributed by atoms with Crippen LogP contribution in [0.2, 0.25) is 0 Å². The van der Waals surface area contributed by atoms with Crippen LogP contribution in [0.15, 0.2) is 34.7 Å². The highest BCUT2D eigenvalue weighted by molar-refractivity contribution is 5.76. The van der Waals surface area contributed by atoms with Gasteiger partial charge in [-0.25, -0.2) is 9.97 Å². The maximum Gasteiger partial charge on any atom is 0.252 e. The van der Waals surface area contributed by atoms with Gasteiger partial charge < -0.3 is 9.32 Å².